The summed E-state index contributed by atoms with van der Waals surface area (Å²) in [6, 6.07) is 9.91. The van der Waals surface area contributed by atoms with Gasteiger partial charge in [-0.25, -0.2) is 4.79 Å². The standard InChI is InChI=1S/C16H14N2O4/c1-22-14-5-3-2-4-12(14)10-13(16(20)21)18-15(19)11-6-8-17-9-7-11/h2-10H,1H3,(H,18,19)(H,20,21)/b13-10-. The Morgan fingerprint density at radius 1 is 1.18 bits per heavy atom. The van der Waals surface area contributed by atoms with Crippen molar-refractivity contribution in [2.45, 2.75) is 0 Å². The lowest BCUT2D eigenvalue weighted by molar-refractivity contribution is -0.132. The Bertz CT molecular complexity index is 711. The first-order valence-electron chi connectivity index (χ1n) is 6.41. The summed E-state index contributed by atoms with van der Waals surface area (Å²) >= 11 is 0. The predicted molar refractivity (Wildman–Crippen MR) is 80.3 cm³/mol. The van der Waals surface area contributed by atoms with Crippen molar-refractivity contribution in [1.82, 2.24) is 10.3 Å². The molecule has 1 amide bonds. The van der Waals surface area contributed by atoms with E-state index in [2.05, 4.69) is 10.3 Å². The van der Waals surface area contributed by atoms with Gasteiger partial charge in [0.1, 0.15) is 11.4 Å². The fourth-order valence-electron chi connectivity index (χ4n) is 1.79. The van der Waals surface area contributed by atoms with E-state index in [0.717, 1.165) is 0 Å². The molecule has 0 saturated carbocycles. The highest BCUT2D eigenvalue weighted by Crippen LogP contribution is 2.20. The number of carbonyl (C=O) groups is 2. The first kappa shape index (κ1) is 15.2. The van der Waals surface area contributed by atoms with E-state index in [1.54, 1.807) is 24.3 Å². The summed E-state index contributed by atoms with van der Waals surface area (Å²) in [6.45, 7) is 0. The Labute approximate surface area is 127 Å². The van der Waals surface area contributed by atoms with E-state index < -0.39 is 11.9 Å². The zero-order valence-corrected chi connectivity index (χ0v) is 11.8. The molecule has 6 heteroatoms. The molecule has 0 unspecified atom stereocenters. The molecule has 0 radical (unpaired) electrons. The average molecular weight is 298 g/mol. The number of amides is 1. The highest BCUT2D eigenvalue weighted by atomic mass is 16.5. The van der Waals surface area contributed by atoms with Crippen LogP contribution in [0.1, 0.15) is 15.9 Å². The summed E-state index contributed by atoms with van der Waals surface area (Å²) in [5.74, 6) is -1.25. The van der Waals surface area contributed by atoms with Gasteiger partial charge in [0.25, 0.3) is 5.91 Å². The maximum Gasteiger partial charge on any atom is 0.352 e. The number of methoxy groups -OCH3 is 1. The molecule has 0 saturated heterocycles. The van der Waals surface area contributed by atoms with E-state index in [1.165, 1.54) is 37.7 Å². The van der Waals surface area contributed by atoms with Crippen molar-refractivity contribution in [1.29, 1.82) is 0 Å². The number of carboxylic acids is 1. The molecule has 0 aliphatic carbocycles. The van der Waals surface area contributed by atoms with Crippen molar-refractivity contribution in [2.24, 2.45) is 0 Å². The minimum Gasteiger partial charge on any atom is -0.496 e. The van der Waals surface area contributed by atoms with Crippen LogP contribution in [0, 0.1) is 0 Å². The van der Waals surface area contributed by atoms with Gasteiger partial charge in [-0.3, -0.25) is 9.78 Å². The van der Waals surface area contributed by atoms with Crippen LogP contribution < -0.4 is 10.1 Å². The first-order valence-corrected chi connectivity index (χ1v) is 6.41. The van der Waals surface area contributed by atoms with Crippen LogP contribution in [0.3, 0.4) is 0 Å². The minimum absolute atomic E-state index is 0.244. The molecule has 2 N–H and O–H groups in total. The van der Waals surface area contributed by atoms with E-state index in [1.807, 2.05) is 0 Å². The molecule has 1 aromatic heterocycles. The zero-order chi connectivity index (χ0) is 15.9. The lowest BCUT2D eigenvalue weighted by atomic mass is 10.1. The van der Waals surface area contributed by atoms with Gasteiger partial charge < -0.3 is 15.2 Å². The molecule has 1 heterocycles. The topological polar surface area (TPSA) is 88.5 Å². The number of benzene rings is 1. The molecular formula is C16H14N2O4. The number of hydrogen-bond acceptors (Lipinski definition) is 4. The van der Waals surface area contributed by atoms with Crippen LogP contribution in [-0.2, 0) is 4.79 Å². The second-order valence-electron chi connectivity index (χ2n) is 4.30. The maximum atomic E-state index is 12.0. The van der Waals surface area contributed by atoms with Crippen molar-refractivity contribution >= 4 is 18.0 Å². The van der Waals surface area contributed by atoms with Crippen molar-refractivity contribution in [3.63, 3.8) is 0 Å². The zero-order valence-electron chi connectivity index (χ0n) is 11.8. The molecule has 0 fully saturated rings. The van der Waals surface area contributed by atoms with E-state index in [9.17, 15) is 14.7 Å². The fourth-order valence-corrected chi connectivity index (χ4v) is 1.79. The van der Waals surface area contributed by atoms with Crippen LogP contribution >= 0.6 is 0 Å². The number of ether oxygens (including phenoxy) is 1. The Morgan fingerprint density at radius 3 is 2.50 bits per heavy atom. The molecule has 22 heavy (non-hydrogen) atoms. The average Bonchev–Trinajstić information content (AvgIpc) is 2.55. The largest absolute Gasteiger partial charge is 0.496 e. The van der Waals surface area contributed by atoms with E-state index in [4.69, 9.17) is 4.74 Å². The molecule has 0 spiro atoms. The number of nitrogens with one attached hydrogen (secondary N) is 1. The van der Waals surface area contributed by atoms with Crippen molar-refractivity contribution in [2.75, 3.05) is 7.11 Å². The van der Waals surface area contributed by atoms with Gasteiger partial charge in [0.05, 0.1) is 7.11 Å². The number of nitrogens with zero attached hydrogens (tertiary/aromatic N) is 1. The number of hydrogen-bond donors (Lipinski definition) is 2. The molecule has 0 bridgehead atoms. The smallest absolute Gasteiger partial charge is 0.352 e. The van der Waals surface area contributed by atoms with Gasteiger partial charge in [-0.15, -0.1) is 0 Å². The summed E-state index contributed by atoms with van der Waals surface area (Å²) < 4.78 is 5.16. The molecule has 0 aliphatic heterocycles. The van der Waals surface area contributed by atoms with Gasteiger partial charge in [-0.05, 0) is 24.3 Å². The third-order valence-electron chi connectivity index (χ3n) is 2.86. The predicted octanol–water partition coefficient (Wildman–Crippen LogP) is 1.95. The maximum absolute atomic E-state index is 12.0. The van der Waals surface area contributed by atoms with E-state index in [-0.39, 0.29) is 5.70 Å². The normalized spacial score (nSPS) is 10.9. The number of carbonyl (C=O) groups excluding carboxylic acids is 1. The summed E-state index contributed by atoms with van der Waals surface area (Å²) in [4.78, 5) is 27.2. The van der Waals surface area contributed by atoms with Gasteiger partial charge in [-0.1, -0.05) is 18.2 Å². The first-order chi connectivity index (χ1) is 10.6. The van der Waals surface area contributed by atoms with Crippen molar-refractivity contribution in [3.8, 4) is 5.75 Å². The monoisotopic (exact) mass is 298 g/mol. The molecule has 2 aromatic rings. The van der Waals surface area contributed by atoms with Crippen molar-refractivity contribution in [3.05, 3.63) is 65.6 Å². The van der Waals surface area contributed by atoms with Gasteiger partial charge >= 0.3 is 5.97 Å². The van der Waals surface area contributed by atoms with E-state index >= 15 is 0 Å². The fraction of sp³-hybridized carbons (Fsp3) is 0.0625. The second-order valence-corrected chi connectivity index (χ2v) is 4.30. The highest BCUT2D eigenvalue weighted by molar-refractivity contribution is 6.02. The lowest BCUT2D eigenvalue weighted by Crippen LogP contribution is -2.27. The molecule has 2 rings (SSSR count). The number of aromatic nitrogens is 1. The Kier molecular flexibility index (Phi) is 4.87. The Balaban J connectivity index is 2.29. The number of carboxylic acid groups (broad SMARTS) is 1. The van der Waals surface area contributed by atoms with Gasteiger partial charge in [0.2, 0.25) is 0 Å². The molecule has 0 aliphatic rings. The Morgan fingerprint density at radius 2 is 1.86 bits per heavy atom. The van der Waals surface area contributed by atoms with Crippen molar-refractivity contribution < 1.29 is 19.4 Å². The summed E-state index contributed by atoms with van der Waals surface area (Å²) in [5.41, 5.74) is 0.630. The van der Waals surface area contributed by atoms with Crippen LogP contribution in [0.5, 0.6) is 5.75 Å². The molecule has 0 atom stereocenters. The molecule has 1 aromatic carbocycles. The van der Waals surface area contributed by atoms with Crippen LogP contribution in [0.4, 0.5) is 0 Å². The quantitative estimate of drug-likeness (QED) is 0.824. The second kappa shape index (κ2) is 7.03. The molecule has 112 valence electrons. The third kappa shape index (κ3) is 3.69. The number of aliphatic carboxylic acids is 1. The SMILES string of the molecule is COc1ccccc1/C=C(\NC(=O)c1ccncc1)C(=O)O. The summed E-state index contributed by atoms with van der Waals surface area (Å²) in [7, 11) is 1.49. The minimum atomic E-state index is -1.24. The molecule has 6 nitrogen and oxygen atoms in total. The van der Waals surface area contributed by atoms with Crippen LogP contribution in [0.2, 0.25) is 0 Å². The van der Waals surface area contributed by atoms with Crippen LogP contribution in [0.25, 0.3) is 6.08 Å². The number of para-hydroxylation sites is 1. The Hall–Kier alpha value is -3.15. The summed E-state index contributed by atoms with van der Waals surface area (Å²) in [6.07, 6.45) is 4.26. The lowest BCUT2D eigenvalue weighted by Gasteiger charge is -2.08. The summed E-state index contributed by atoms with van der Waals surface area (Å²) in [5, 5.41) is 11.6. The third-order valence-corrected chi connectivity index (χ3v) is 2.86. The van der Waals surface area contributed by atoms with Crippen LogP contribution in [-0.4, -0.2) is 29.1 Å². The van der Waals surface area contributed by atoms with Crippen LogP contribution in [0.15, 0.2) is 54.5 Å². The number of pyridine rings is 1. The molecular weight excluding hydrogens is 284 g/mol. The highest BCUT2D eigenvalue weighted by Gasteiger charge is 2.14. The van der Waals surface area contributed by atoms with Gasteiger partial charge in [-0.2, -0.15) is 0 Å². The van der Waals surface area contributed by atoms with Gasteiger partial charge in [0.15, 0.2) is 0 Å². The van der Waals surface area contributed by atoms with Gasteiger partial charge in [0, 0.05) is 23.5 Å². The van der Waals surface area contributed by atoms with E-state index in [0.29, 0.717) is 16.9 Å². The number of rotatable bonds is 5.